The Morgan fingerprint density at radius 2 is 1.15 bits per heavy atom. The first-order valence-corrected chi connectivity index (χ1v) is 6.00. The second kappa shape index (κ2) is 7.61. The Hall–Kier alpha value is -0.329. The second-order valence-corrected chi connectivity index (χ2v) is 4.49. The fourth-order valence-corrected chi connectivity index (χ4v) is 1.70. The van der Waals surface area contributed by atoms with Gasteiger partial charge in [-0.05, 0) is 18.1 Å². The van der Waals surface area contributed by atoms with E-state index in [0.29, 0.717) is 0 Å². The van der Waals surface area contributed by atoms with Gasteiger partial charge < -0.3 is 12.9 Å². The van der Waals surface area contributed by atoms with Crippen molar-refractivity contribution in [3.8, 4) is 0 Å². The molecule has 0 saturated carbocycles. The van der Waals surface area contributed by atoms with Gasteiger partial charge in [0.25, 0.3) is 0 Å². The molecule has 0 bridgehead atoms. The third-order valence-corrected chi connectivity index (χ3v) is 2.86. The molecule has 0 N–H and O–H groups in total. The molecule has 0 aromatic heterocycles. The molecule has 98 valence electrons. The molecule has 0 spiro atoms. The zero-order valence-electron chi connectivity index (χ0n) is 11.5. The number of hydrogen-bond acceptors (Lipinski definition) is 0. The Morgan fingerprint density at radius 1 is 0.750 bits per heavy atom. The van der Waals surface area contributed by atoms with Crippen LogP contribution in [0.15, 0.2) is 48.5 Å². The minimum atomic E-state index is -4.91. The van der Waals surface area contributed by atoms with Crippen LogP contribution in [0.3, 0.4) is 0 Å². The van der Waals surface area contributed by atoms with E-state index < -0.39 is 12.4 Å². The average Bonchev–Trinajstić information content (AvgIpc) is 2.37. The van der Waals surface area contributed by atoms with Crippen LogP contribution in [0.25, 0.3) is 12.2 Å². The third kappa shape index (κ3) is 5.22. The summed E-state index contributed by atoms with van der Waals surface area (Å²) >= 11 is 0. The maximum atomic E-state index is 12.5. The first kappa shape index (κ1) is 17.7. The molecule has 0 heterocycles. The number of rotatable bonds is 3. The van der Waals surface area contributed by atoms with Crippen molar-refractivity contribution in [1.29, 1.82) is 0 Å². The van der Waals surface area contributed by atoms with E-state index in [2.05, 4.69) is 0 Å². The van der Waals surface area contributed by atoms with Gasteiger partial charge in [-0.3, -0.25) is 0 Å². The molecule has 2 rings (SSSR count). The molecule has 0 aliphatic rings. The topological polar surface area (TPSA) is 0 Å². The summed E-state index contributed by atoms with van der Waals surface area (Å²) < 4.78 is 37.4. The first-order chi connectivity index (χ1) is 8.95. The maximum absolute atomic E-state index is 12.5. The summed E-state index contributed by atoms with van der Waals surface area (Å²) in [5.74, 6) is 0. The average molecular weight is 300 g/mol. The Labute approximate surface area is 159 Å². The van der Waals surface area contributed by atoms with Crippen LogP contribution in [0, 0.1) is 6.92 Å². The number of halogens is 3. The largest absolute Gasteiger partial charge is 1.00 e. The van der Waals surface area contributed by atoms with Crippen molar-refractivity contribution < 1.29 is 64.3 Å². The van der Waals surface area contributed by atoms with E-state index in [1.807, 2.05) is 37.3 Å². The summed E-state index contributed by atoms with van der Waals surface area (Å²) in [7, 11) is 0. The van der Waals surface area contributed by atoms with Gasteiger partial charge in [0.15, 0.2) is 0 Å². The van der Waals surface area contributed by atoms with Gasteiger partial charge in [0.1, 0.15) is 0 Å². The molecular formula is C15H13BF3K. The number of hydrogen-bond donors (Lipinski definition) is 0. The summed E-state index contributed by atoms with van der Waals surface area (Å²) in [5, 5.41) is 0. The van der Waals surface area contributed by atoms with Crippen molar-refractivity contribution in [3.63, 3.8) is 0 Å². The predicted molar refractivity (Wildman–Crippen MR) is 75.3 cm³/mol. The van der Waals surface area contributed by atoms with Crippen molar-refractivity contribution in [2.24, 2.45) is 0 Å². The van der Waals surface area contributed by atoms with Gasteiger partial charge in [0, 0.05) is 0 Å². The van der Waals surface area contributed by atoms with E-state index in [-0.39, 0.29) is 51.4 Å². The second-order valence-electron chi connectivity index (χ2n) is 4.49. The Kier molecular flexibility index (Phi) is 6.75. The quantitative estimate of drug-likeness (QED) is 0.591. The summed E-state index contributed by atoms with van der Waals surface area (Å²) in [6, 6.07) is 13.1. The van der Waals surface area contributed by atoms with Crippen LogP contribution in [-0.2, 0) is 0 Å². The van der Waals surface area contributed by atoms with Crippen LogP contribution >= 0.6 is 0 Å². The molecule has 0 nitrogen and oxygen atoms in total. The van der Waals surface area contributed by atoms with Gasteiger partial charge in [-0.2, -0.15) is 0 Å². The zero-order valence-corrected chi connectivity index (χ0v) is 14.6. The van der Waals surface area contributed by atoms with Crippen molar-refractivity contribution in [2.45, 2.75) is 6.92 Å². The molecular weight excluding hydrogens is 287 g/mol. The van der Waals surface area contributed by atoms with Gasteiger partial charge in [0.2, 0.25) is 0 Å². The summed E-state index contributed by atoms with van der Waals surface area (Å²) in [6.07, 6.45) is 3.69. The number of aryl methyl sites for hydroxylation is 1. The van der Waals surface area contributed by atoms with Gasteiger partial charge in [-0.1, -0.05) is 66.2 Å². The van der Waals surface area contributed by atoms with Crippen LogP contribution in [-0.4, -0.2) is 6.98 Å². The van der Waals surface area contributed by atoms with E-state index >= 15 is 0 Å². The van der Waals surface area contributed by atoms with Crippen LogP contribution in [0.4, 0.5) is 12.9 Å². The minimum Gasteiger partial charge on any atom is -0.445 e. The normalized spacial score (nSPS) is 11.4. The van der Waals surface area contributed by atoms with Gasteiger partial charge in [-0.15, -0.1) is 5.46 Å². The van der Waals surface area contributed by atoms with E-state index in [1.165, 1.54) is 17.7 Å². The minimum absolute atomic E-state index is 0. The molecule has 0 unspecified atom stereocenters. The van der Waals surface area contributed by atoms with E-state index in [0.717, 1.165) is 23.3 Å². The van der Waals surface area contributed by atoms with Gasteiger partial charge >= 0.3 is 58.4 Å². The standard InChI is InChI=1S/C15H13BF3.K/c1-12-2-4-13(5-3-12)6-7-14-8-10-15(11-9-14)16(17,18)19;/h2-11H,1H3;/q-1;+1/b7-6+;. The SMILES string of the molecule is Cc1ccc(/C=C/c2ccc([B-](F)(F)F)cc2)cc1.[K+]. The zero-order chi connectivity index (χ0) is 13.9. The molecule has 0 saturated heterocycles. The fraction of sp³-hybridized carbons (Fsp3) is 0.0667. The van der Waals surface area contributed by atoms with Crippen molar-refractivity contribution >= 4 is 24.6 Å². The molecule has 0 aliphatic heterocycles. The van der Waals surface area contributed by atoms with Crippen molar-refractivity contribution in [3.05, 3.63) is 65.2 Å². The fourth-order valence-electron chi connectivity index (χ4n) is 1.70. The predicted octanol–water partition coefficient (Wildman–Crippen LogP) is 1.22. The monoisotopic (exact) mass is 300 g/mol. The van der Waals surface area contributed by atoms with Gasteiger partial charge in [0.05, 0.1) is 0 Å². The molecule has 2 aromatic carbocycles. The molecule has 0 atom stereocenters. The maximum Gasteiger partial charge on any atom is 1.00 e. The summed E-state index contributed by atoms with van der Waals surface area (Å²) in [4.78, 5) is 0. The Morgan fingerprint density at radius 3 is 1.55 bits per heavy atom. The van der Waals surface area contributed by atoms with Crippen LogP contribution in [0.5, 0.6) is 0 Å². The molecule has 20 heavy (non-hydrogen) atoms. The summed E-state index contributed by atoms with van der Waals surface area (Å²) in [6.45, 7) is -2.90. The smallest absolute Gasteiger partial charge is 0.445 e. The molecule has 0 radical (unpaired) electrons. The molecule has 0 fully saturated rings. The molecule has 0 amide bonds. The van der Waals surface area contributed by atoms with Crippen LogP contribution in [0.2, 0.25) is 0 Å². The van der Waals surface area contributed by atoms with E-state index in [1.54, 1.807) is 6.08 Å². The Balaban J connectivity index is 0.00000200. The molecule has 2 aromatic rings. The van der Waals surface area contributed by atoms with Crippen LogP contribution in [0.1, 0.15) is 16.7 Å². The molecule has 5 heteroatoms. The van der Waals surface area contributed by atoms with E-state index in [4.69, 9.17) is 0 Å². The first-order valence-electron chi connectivity index (χ1n) is 6.00. The summed E-state index contributed by atoms with van der Waals surface area (Å²) in [5.41, 5.74) is 2.39. The van der Waals surface area contributed by atoms with Gasteiger partial charge in [-0.25, -0.2) is 0 Å². The molecule has 0 aliphatic carbocycles. The number of benzene rings is 2. The Bertz CT molecular complexity index is 572. The third-order valence-electron chi connectivity index (χ3n) is 2.86. The van der Waals surface area contributed by atoms with Crippen molar-refractivity contribution in [1.82, 2.24) is 0 Å². The van der Waals surface area contributed by atoms with Crippen LogP contribution < -0.4 is 56.8 Å². The van der Waals surface area contributed by atoms with E-state index in [9.17, 15) is 12.9 Å². The van der Waals surface area contributed by atoms with Crippen molar-refractivity contribution in [2.75, 3.05) is 0 Å².